The number of amides is 2. The number of hydrogen-bond acceptors (Lipinski definition) is 4. The highest BCUT2D eigenvalue weighted by Crippen LogP contribution is 2.21. The third-order valence-electron chi connectivity index (χ3n) is 4.44. The number of benzene rings is 1. The number of rotatable bonds is 6. The van der Waals surface area contributed by atoms with E-state index in [1.54, 1.807) is 17.0 Å². The average molecular weight is 380 g/mol. The Kier molecular flexibility index (Phi) is 7.05. The molecule has 0 spiro atoms. The first-order chi connectivity index (χ1) is 12.7. The first-order valence-corrected chi connectivity index (χ1v) is 9.30. The summed E-state index contributed by atoms with van der Waals surface area (Å²) in [6.07, 6.45) is 0.560. The van der Waals surface area contributed by atoms with Crippen molar-refractivity contribution >= 4 is 12.0 Å². The van der Waals surface area contributed by atoms with Crippen LogP contribution in [0.4, 0.5) is 9.18 Å². The summed E-state index contributed by atoms with van der Waals surface area (Å²) in [4.78, 5) is 26.0. The molecule has 0 saturated carbocycles. The molecule has 0 aliphatic carbocycles. The van der Waals surface area contributed by atoms with Crippen LogP contribution in [0.5, 0.6) is 5.75 Å². The number of carbonyl (C=O) groups excluding carboxylic acids is 2. The third kappa shape index (κ3) is 6.73. The van der Waals surface area contributed by atoms with Crippen LogP contribution in [-0.2, 0) is 9.53 Å². The van der Waals surface area contributed by atoms with E-state index in [2.05, 4.69) is 5.32 Å². The van der Waals surface area contributed by atoms with Gasteiger partial charge < -0.3 is 19.7 Å². The van der Waals surface area contributed by atoms with Gasteiger partial charge in [0, 0.05) is 19.1 Å². The Balaban J connectivity index is 1.73. The number of hydrogen-bond donors (Lipinski definition) is 1. The summed E-state index contributed by atoms with van der Waals surface area (Å²) in [5, 5.41) is 2.84. The standard InChI is InChI=1S/C20H29FN2O4/c1-14(22-19(25)27-20(2,3)4)15-9-11-23(13-15)18(24)10-12-26-17-8-6-5-7-16(17)21/h5-8,14-15H,9-13H2,1-4H3,(H,22,25)/t14-,15-/m1/s1. The average Bonchev–Trinajstić information content (AvgIpc) is 3.05. The second kappa shape index (κ2) is 9.06. The van der Waals surface area contributed by atoms with Gasteiger partial charge in [0.05, 0.1) is 13.0 Å². The maximum Gasteiger partial charge on any atom is 0.407 e. The number of halogens is 1. The molecule has 0 bridgehead atoms. The van der Waals surface area contributed by atoms with Crippen molar-refractivity contribution in [3.05, 3.63) is 30.1 Å². The van der Waals surface area contributed by atoms with E-state index in [0.29, 0.717) is 13.1 Å². The van der Waals surface area contributed by atoms with Gasteiger partial charge in [-0.1, -0.05) is 12.1 Å². The molecule has 0 unspecified atom stereocenters. The molecule has 1 heterocycles. The van der Waals surface area contributed by atoms with Gasteiger partial charge in [0.1, 0.15) is 5.60 Å². The maximum absolute atomic E-state index is 13.5. The van der Waals surface area contributed by atoms with Crippen LogP contribution in [0.2, 0.25) is 0 Å². The molecule has 1 aromatic rings. The highest BCUT2D eigenvalue weighted by atomic mass is 19.1. The van der Waals surface area contributed by atoms with Crippen molar-refractivity contribution in [1.29, 1.82) is 0 Å². The number of carbonyl (C=O) groups is 2. The smallest absolute Gasteiger partial charge is 0.407 e. The minimum Gasteiger partial charge on any atom is -0.490 e. The second-order valence-electron chi connectivity index (χ2n) is 7.85. The lowest BCUT2D eigenvalue weighted by atomic mass is 10.0. The van der Waals surface area contributed by atoms with Gasteiger partial charge in [-0.05, 0) is 52.2 Å². The molecule has 0 radical (unpaired) electrons. The minimum atomic E-state index is -0.542. The number of likely N-dealkylation sites (tertiary alicyclic amines) is 1. The lowest BCUT2D eigenvalue weighted by Gasteiger charge is -2.25. The molecule has 7 heteroatoms. The zero-order chi connectivity index (χ0) is 20.0. The number of para-hydroxylation sites is 1. The molecule has 6 nitrogen and oxygen atoms in total. The van der Waals surface area contributed by atoms with Crippen LogP contribution in [0.1, 0.15) is 40.5 Å². The largest absolute Gasteiger partial charge is 0.490 e. The normalized spacial score (nSPS) is 18.1. The fourth-order valence-electron chi connectivity index (χ4n) is 3.00. The molecule has 2 amide bonds. The highest BCUT2D eigenvalue weighted by molar-refractivity contribution is 5.76. The van der Waals surface area contributed by atoms with Crippen LogP contribution in [-0.4, -0.2) is 48.2 Å². The molecule has 27 heavy (non-hydrogen) atoms. The minimum absolute atomic E-state index is 0.0293. The van der Waals surface area contributed by atoms with E-state index >= 15 is 0 Å². The lowest BCUT2D eigenvalue weighted by molar-refractivity contribution is -0.130. The van der Waals surface area contributed by atoms with Gasteiger partial charge in [0.15, 0.2) is 11.6 Å². The molecule has 1 saturated heterocycles. The van der Waals surface area contributed by atoms with Crippen molar-refractivity contribution in [3.8, 4) is 5.75 Å². The Hall–Kier alpha value is -2.31. The van der Waals surface area contributed by atoms with Crippen LogP contribution < -0.4 is 10.1 Å². The molecule has 1 aromatic carbocycles. The number of nitrogens with one attached hydrogen (secondary N) is 1. The number of ether oxygens (including phenoxy) is 2. The molecular weight excluding hydrogens is 351 g/mol. The maximum atomic E-state index is 13.5. The molecule has 1 fully saturated rings. The van der Waals surface area contributed by atoms with Crippen LogP contribution >= 0.6 is 0 Å². The topological polar surface area (TPSA) is 67.9 Å². The van der Waals surface area contributed by atoms with Crippen LogP contribution in [0.3, 0.4) is 0 Å². The Morgan fingerprint density at radius 3 is 2.70 bits per heavy atom. The van der Waals surface area contributed by atoms with Crippen molar-refractivity contribution in [2.45, 2.75) is 52.2 Å². The van der Waals surface area contributed by atoms with Crippen LogP contribution in [0, 0.1) is 11.7 Å². The molecule has 1 N–H and O–H groups in total. The van der Waals surface area contributed by atoms with E-state index in [4.69, 9.17) is 9.47 Å². The van der Waals surface area contributed by atoms with Crippen molar-refractivity contribution in [1.82, 2.24) is 10.2 Å². The van der Waals surface area contributed by atoms with Crippen molar-refractivity contribution < 1.29 is 23.5 Å². The summed E-state index contributed by atoms with van der Waals surface area (Å²) >= 11 is 0. The summed E-state index contributed by atoms with van der Waals surface area (Å²) in [6, 6.07) is 6.04. The molecule has 150 valence electrons. The fourth-order valence-corrected chi connectivity index (χ4v) is 3.00. The van der Waals surface area contributed by atoms with E-state index in [1.165, 1.54) is 12.1 Å². The number of nitrogens with zero attached hydrogens (tertiary/aromatic N) is 1. The fraction of sp³-hybridized carbons (Fsp3) is 0.600. The van der Waals surface area contributed by atoms with Gasteiger partial charge in [0.25, 0.3) is 0 Å². The summed E-state index contributed by atoms with van der Waals surface area (Å²) in [5.74, 6) is -0.139. The second-order valence-corrected chi connectivity index (χ2v) is 7.85. The number of alkyl carbamates (subject to hydrolysis) is 1. The predicted molar refractivity (Wildman–Crippen MR) is 100 cm³/mol. The molecule has 2 rings (SSSR count). The van der Waals surface area contributed by atoms with Crippen molar-refractivity contribution in [2.75, 3.05) is 19.7 Å². The van der Waals surface area contributed by atoms with Gasteiger partial charge in [-0.3, -0.25) is 4.79 Å². The third-order valence-corrected chi connectivity index (χ3v) is 4.44. The van der Waals surface area contributed by atoms with E-state index in [-0.39, 0.29) is 36.6 Å². The summed E-state index contributed by atoms with van der Waals surface area (Å²) in [5.41, 5.74) is -0.542. The van der Waals surface area contributed by atoms with Gasteiger partial charge in [-0.25, -0.2) is 9.18 Å². The monoisotopic (exact) mass is 380 g/mol. The molecular formula is C20H29FN2O4. The van der Waals surface area contributed by atoms with E-state index < -0.39 is 17.5 Å². The van der Waals surface area contributed by atoms with Crippen molar-refractivity contribution in [2.24, 2.45) is 5.92 Å². The van der Waals surface area contributed by atoms with Crippen molar-refractivity contribution in [3.63, 3.8) is 0 Å². The molecule has 1 aliphatic rings. The van der Waals surface area contributed by atoms with Crippen LogP contribution in [0.15, 0.2) is 24.3 Å². The Bertz CT molecular complexity index is 660. The SMILES string of the molecule is C[C@@H](NC(=O)OC(C)(C)C)[C@@H]1CCN(C(=O)CCOc2ccccc2F)C1. The lowest BCUT2D eigenvalue weighted by Crippen LogP contribution is -2.42. The van der Waals surface area contributed by atoms with Gasteiger partial charge >= 0.3 is 6.09 Å². The Labute approximate surface area is 160 Å². The first-order valence-electron chi connectivity index (χ1n) is 9.30. The van der Waals surface area contributed by atoms with E-state index in [0.717, 1.165) is 6.42 Å². The van der Waals surface area contributed by atoms with Crippen LogP contribution in [0.25, 0.3) is 0 Å². The zero-order valence-electron chi connectivity index (χ0n) is 16.5. The summed E-state index contributed by atoms with van der Waals surface area (Å²) in [6.45, 7) is 8.72. The quantitative estimate of drug-likeness (QED) is 0.822. The molecule has 2 atom stereocenters. The first kappa shape index (κ1) is 21.0. The summed E-state index contributed by atoms with van der Waals surface area (Å²) < 4.78 is 24.1. The van der Waals surface area contributed by atoms with E-state index in [9.17, 15) is 14.0 Å². The molecule has 1 aliphatic heterocycles. The highest BCUT2D eigenvalue weighted by Gasteiger charge is 2.31. The zero-order valence-corrected chi connectivity index (χ0v) is 16.5. The van der Waals surface area contributed by atoms with Gasteiger partial charge in [-0.2, -0.15) is 0 Å². The van der Waals surface area contributed by atoms with Gasteiger partial charge in [-0.15, -0.1) is 0 Å². The Morgan fingerprint density at radius 1 is 1.33 bits per heavy atom. The summed E-state index contributed by atoms with van der Waals surface area (Å²) in [7, 11) is 0. The van der Waals surface area contributed by atoms with E-state index in [1.807, 2.05) is 27.7 Å². The molecule has 0 aromatic heterocycles. The Morgan fingerprint density at radius 2 is 2.04 bits per heavy atom. The predicted octanol–water partition coefficient (Wildman–Crippen LogP) is 3.36. The van der Waals surface area contributed by atoms with Gasteiger partial charge in [0.2, 0.25) is 5.91 Å².